The molecule has 6 N–H and O–H groups in total. The first-order chi connectivity index (χ1) is 13.9. The SMILES string of the molecule is N#C[C@@]1(c2ccc3c(N)ncnn23)O[C@H](COC(=O)C2CCC(N)C2)[C@@H](O)[C@H]1O. The van der Waals surface area contributed by atoms with Crippen molar-refractivity contribution in [1.29, 1.82) is 5.26 Å². The third-order valence-electron chi connectivity index (χ3n) is 5.68. The zero-order valence-electron chi connectivity index (χ0n) is 15.5. The number of ether oxygens (including phenoxy) is 2. The number of aliphatic hydroxyl groups is 2. The van der Waals surface area contributed by atoms with E-state index in [-0.39, 0.29) is 30.1 Å². The number of aliphatic hydroxyl groups excluding tert-OH is 2. The van der Waals surface area contributed by atoms with Crippen molar-refractivity contribution in [2.75, 3.05) is 12.3 Å². The fourth-order valence-corrected chi connectivity index (χ4v) is 4.06. The van der Waals surface area contributed by atoms with Crippen LogP contribution in [0.2, 0.25) is 0 Å². The summed E-state index contributed by atoms with van der Waals surface area (Å²) in [6, 6.07) is 5.02. The Bertz CT molecular complexity index is 973. The fraction of sp³-hybridized carbons (Fsp3) is 0.556. The molecule has 0 spiro atoms. The Hall–Kier alpha value is -2.78. The Morgan fingerprint density at radius 1 is 1.45 bits per heavy atom. The van der Waals surface area contributed by atoms with Gasteiger partial charge in [-0.25, -0.2) is 9.50 Å². The lowest BCUT2D eigenvalue weighted by molar-refractivity contribution is -0.155. The van der Waals surface area contributed by atoms with Crippen LogP contribution in [0, 0.1) is 17.2 Å². The lowest BCUT2D eigenvalue weighted by Gasteiger charge is -2.24. The Morgan fingerprint density at radius 2 is 2.24 bits per heavy atom. The van der Waals surface area contributed by atoms with E-state index in [2.05, 4.69) is 10.1 Å². The van der Waals surface area contributed by atoms with Crippen LogP contribution in [0.15, 0.2) is 18.5 Å². The van der Waals surface area contributed by atoms with E-state index in [1.807, 2.05) is 6.07 Å². The van der Waals surface area contributed by atoms with Gasteiger partial charge in [0, 0.05) is 6.04 Å². The lowest BCUT2D eigenvalue weighted by Crippen LogP contribution is -2.41. The number of carbonyl (C=O) groups is 1. The molecule has 6 atom stereocenters. The van der Waals surface area contributed by atoms with Gasteiger partial charge in [0.15, 0.2) is 5.82 Å². The van der Waals surface area contributed by atoms with Crippen LogP contribution in [-0.2, 0) is 19.9 Å². The van der Waals surface area contributed by atoms with Crippen LogP contribution in [0.4, 0.5) is 5.82 Å². The molecule has 0 aromatic carbocycles. The Morgan fingerprint density at radius 3 is 2.93 bits per heavy atom. The molecule has 11 nitrogen and oxygen atoms in total. The van der Waals surface area contributed by atoms with Crippen molar-refractivity contribution in [3.8, 4) is 6.07 Å². The summed E-state index contributed by atoms with van der Waals surface area (Å²) in [7, 11) is 0. The second-order valence-corrected chi connectivity index (χ2v) is 7.50. The largest absolute Gasteiger partial charge is 0.463 e. The van der Waals surface area contributed by atoms with Crippen LogP contribution >= 0.6 is 0 Å². The lowest BCUT2D eigenvalue weighted by atomic mass is 9.92. The van der Waals surface area contributed by atoms with Gasteiger partial charge in [-0.3, -0.25) is 4.79 Å². The third kappa shape index (κ3) is 3.10. The number of fused-ring (bicyclic) bond motifs is 1. The highest BCUT2D eigenvalue weighted by molar-refractivity contribution is 5.73. The highest BCUT2D eigenvalue weighted by atomic mass is 16.6. The molecular weight excluding hydrogens is 380 g/mol. The Kier molecular flexibility index (Phi) is 4.87. The second kappa shape index (κ2) is 7.23. The number of hydrogen-bond donors (Lipinski definition) is 4. The van der Waals surface area contributed by atoms with Crippen molar-refractivity contribution in [3.05, 3.63) is 24.2 Å². The molecule has 0 bridgehead atoms. The van der Waals surface area contributed by atoms with Gasteiger partial charge >= 0.3 is 5.97 Å². The molecule has 11 heteroatoms. The van der Waals surface area contributed by atoms with Gasteiger partial charge in [0.1, 0.15) is 42.8 Å². The van der Waals surface area contributed by atoms with Crippen molar-refractivity contribution in [2.45, 2.75) is 49.2 Å². The van der Waals surface area contributed by atoms with Crippen molar-refractivity contribution in [3.63, 3.8) is 0 Å². The predicted octanol–water partition coefficient (Wildman–Crippen LogP) is -1.18. The van der Waals surface area contributed by atoms with Crippen LogP contribution < -0.4 is 11.5 Å². The van der Waals surface area contributed by atoms with Gasteiger partial charge < -0.3 is 31.2 Å². The monoisotopic (exact) mass is 402 g/mol. The summed E-state index contributed by atoms with van der Waals surface area (Å²) >= 11 is 0. The van der Waals surface area contributed by atoms with Crippen LogP contribution in [0.3, 0.4) is 0 Å². The third-order valence-corrected chi connectivity index (χ3v) is 5.68. The smallest absolute Gasteiger partial charge is 0.309 e. The van der Waals surface area contributed by atoms with Gasteiger partial charge in [0.25, 0.3) is 0 Å². The standard InChI is InChI=1S/C18H22N6O5/c19-7-18(13-4-3-11-16(21)22-8-23-24(11)13)15(26)14(25)12(29-18)6-28-17(27)9-1-2-10(20)5-9/h3-4,8-10,12,14-15,25-26H,1-2,5-6,20H2,(H2,21,22,23)/t9?,10?,12-,14-,15-,18+/m1/s1. The summed E-state index contributed by atoms with van der Waals surface area (Å²) in [5.41, 5.74) is 10.3. The second-order valence-electron chi connectivity index (χ2n) is 7.50. The maximum absolute atomic E-state index is 12.2. The first-order valence-electron chi connectivity index (χ1n) is 9.33. The van der Waals surface area contributed by atoms with E-state index in [1.165, 1.54) is 16.9 Å². The molecule has 0 radical (unpaired) electrons. The summed E-state index contributed by atoms with van der Waals surface area (Å²) in [5.74, 6) is -0.526. The number of hydrogen-bond acceptors (Lipinski definition) is 10. The highest BCUT2D eigenvalue weighted by Gasteiger charge is 2.57. The number of nitrogens with two attached hydrogens (primary N) is 2. The molecule has 29 heavy (non-hydrogen) atoms. The van der Waals surface area contributed by atoms with Crippen molar-refractivity contribution < 1.29 is 24.5 Å². The zero-order valence-corrected chi connectivity index (χ0v) is 15.5. The minimum Gasteiger partial charge on any atom is -0.463 e. The fourth-order valence-electron chi connectivity index (χ4n) is 4.06. The minimum atomic E-state index is -1.92. The molecule has 1 saturated carbocycles. The Labute approximate surface area is 165 Å². The van der Waals surface area contributed by atoms with E-state index in [9.17, 15) is 20.3 Å². The van der Waals surface area contributed by atoms with Gasteiger partial charge in [0.05, 0.1) is 11.6 Å². The molecule has 4 rings (SSSR count). The molecule has 1 aliphatic carbocycles. The van der Waals surface area contributed by atoms with E-state index in [0.717, 1.165) is 6.42 Å². The van der Waals surface area contributed by atoms with E-state index < -0.39 is 29.9 Å². The van der Waals surface area contributed by atoms with Crippen molar-refractivity contribution in [1.82, 2.24) is 14.6 Å². The van der Waals surface area contributed by atoms with Crippen LogP contribution in [0.1, 0.15) is 25.0 Å². The average molecular weight is 402 g/mol. The molecule has 2 unspecified atom stereocenters. The maximum atomic E-state index is 12.2. The minimum absolute atomic E-state index is 0.0222. The van der Waals surface area contributed by atoms with Gasteiger partial charge in [-0.05, 0) is 31.4 Å². The van der Waals surface area contributed by atoms with E-state index in [1.54, 1.807) is 6.07 Å². The number of carbonyl (C=O) groups excluding carboxylic acids is 1. The van der Waals surface area contributed by atoms with Crippen LogP contribution in [-0.4, -0.2) is 61.7 Å². The number of rotatable bonds is 4. The molecule has 2 fully saturated rings. The van der Waals surface area contributed by atoms with Gasteiger partial charge in [-0.15, -0.1) is 0 Å². The number of aromatic nitrogens is 3. The molecule has 1 aliphatic heterocycles. The first kappa shape index (κ1) is 19.5. The summed E-state index contributed by atoms with van der Waals surface area (Å²) in [4.78, 5) is 16.1. The summed E-state index contributed by atoms with van der Waals surface area (Å²) in [6.07, 6.45) is -0.965. The number of nitrogen functional groups attached to an aromatic ring is 1. The molecule has 2 aromatic heterocycles. The number of nitrogens with zero attached hydrogens (tertiary/aromatic N) is 4. The zero-order chi connectivity index (χ0) is 20.8. The van der Waals surface area contributed by atoms with E-state index in [0.29, 0.717) is 18.4 Å². The number of esters is 1. The molecule has 2 aliphatic rings. The van der Waals surface area contributed by atoms with Gasteiger partial charge in [-0.2, -0.15) is 10.4 Å². The quantitative estimate of drug-likeness (QED) is 0.454. The summed E-state index contributed by atoms with van der Waals surface area (Å²) < 4.78 is 12.4. The normalized spacial score (nSPS) is 34.3. The van der Waals surface area contributed by atoms with Crippen molar-refractivity contribution in [2.24, 2.45) is 11.7 Å². The Balaban J connectivity index is 1.55. The summed E-state index contributed by atoms with van der Waals surface area (Å²) in [5, 5.41) is 35.0. The number of anilines is 1. The van der Waals surface area contributed by atoms with E-state index >= 15 is 0 Å². The molecule has 3 heterocycles. The first-order valence-corrected chi connectivity index (χ1v) is 9.33. The number of nitriles is 1. The molecule has 154 valence electrons. The molecule has 0 amide bonds. The average Bonchev–Trinajstić information content (AvgIpc) is 3.40. The molecular formula is C18H22N6O5. The van der Waals surface area contributed by atoms with Crippen molar-refractivity contribution >= 4 is 17.3 Å². The molecule has 1 saturated heterocycles. The van der Waals surface area contributed by atoms with Gasteiger partial charge in [0.2, 0.25) is 5.60 Å². The summed E-state index contributed by atoms with van der Waals surface area (Å²) in [6.45, 7) is -0.299. The topological polar surface area (TPSA) is 182 Å². The van der Waals surface area contributed by atoms with Gasteiger partial charge in [-0.1, -0.05) is 0 Å². The van der Waals surface area contributed by atoms with E-state index in [4.69, 9.17) is 20.9 Å². The maximum Gasteiger partial charge on any atom is 0.309 e. The molecule has 2 aromatic rings. The highest BCUT2D eigenvalue weighted by Crippen LogP contribution is 2.40. The van der Waals surface area contributed by atoms with Crippen LogP contribution in [0.5, 0.6) is 0 Å². The predicted molar refractivity (Wildman–Crippen MR) is 97.9 cm³/mol. The van der Waals surface area contributed by atoms with Crippen LogP contribution in [0.25, 0.3) is 5.52 Å².